The van der Waals surface area contributed by atoms with Gasteiger partial charge in [0.05, 0.1) is 18.0 Å². The molecular weight excluding hydrogens is 242 g/mol. The first-order chi connectivity index (χ1) is 9.24. The van der Waals surface area contributed by atoms with Crippen LogP contribution in [0.4, 0.5) is 0 Å². The maximum absolute atomic E-state index is 5.70. The van der Waals surface area contributed by atoms with E-state index in [4.69, 9.17) is 15.2 Å². The Balaban J connectivity index is 2.13. The van der Waals surface area contributed by atoms with Gasteiger partial charge >= 0.3 is 0 Å². The van der Waals surface area contributed by atoms with E-state index >= 15 is 0 Å². The van der Waals surface area contributed by atoms with Crippen LogP contribution < -0.4 is 10.5 Å². The highest BCUT2D eigenvalue weighted by Crippen LogP contribution is 2.23. The summed E-state index contributed by atoms with van der Waals surface area (Å²) in [6, 6.07) is 7.82. The van der Waals surface area contributed by atoms with Gasteiger partial charge in [0.25, 0.3) is 0 Å². The van der Waals surface area contributed by atoms with Gasteiger partial charge in [0.15, 0.2) is 0 Å². The number of imidazole rings is 1. The Kier molecular flexibility index (Phi) is 4.54. The fourth-order valence-corrected chi connectivity index (χ4v) is 1.88. The molecule has 5 nitrogen and oxygen atoms in total. The van der Waals surface area contributed by atoms with Gasteiger partial charge in [-0.3, -0.25) is 0 Å². The molecule has 0 spiro atoms. The predicted molar refractivity (Wildman–Crippen MR) is 74.0 cm³/mol. The van der Waals surface area contributed by atoms with E-state index in [1.165, 1.54) is 0 Å². The van der Waals surface area contributed by atoms with Crippen molar-refractivity contribution in [3.63, 3.8) is 0 Å². The van der Waals surface area contributed by atoms with Gasteiger partial charge < -0.3 is 20.2 Å². The number of H-pyrrole nitrogens is 1. The number of rotatable bonds is 6. The largest absolute Gasteiger partial charge is 0.491 e. The zero-order chi connectivity index (χ0) is 13.7. The molecule has 0 unspecified atom stereocenters. The molecule has 0 radical (unpaired) electrons. The number of benzene rings is 1. The molecule has 5 heteroatoms. The van der Waals surface area contributed by atoms with Crippen LogP contribution in [0.25, 0.3) is 11.3 Å². The smallest absolute Gasteiger partial charge is 0.119 e. The van der Waals surface area contributed by atoms with Gasteiger partial charge in [0, 0.05) is 19.2 Å². The monoisotopic (exact) mass is 261 g/mol. The van der Waals surface area contributed by atoms with E-state index in [1.54, 1.807) is 7.11 Å². The number of nitrogens with one attached hydrogen (secondary N) is 1. The van der Waals surface area contributed by atoms with Crippen LogP contribution in [0.1, 0.15) is 11.5 Å². The van der Waals surface area contributed by atoms with Crippen LogP contribution in [0.5, 0.6) is 5.75 Å². The van der Waals surface area contributed by atoms with Crippen molar-refractivity contribution in [2.24, 2.45) is 5.73 Å². The number of aromatic amines is 1. The Labute approximate surface area is 112 Å². The van der Waals surface area contributed by atoms with Gasteiger partial charge in [-0.15, -0.1) is 0 Å². The van der Waals surface area contributed by atoms with Crippen molar-refractivity contribution in [3.05, 3.63) is 35.8 Å². The van der Waals surface area contributed by atoms with E-state index < -0.39 is 0 Å². The van der Waals surface area contributed by atoms with Crippen molar-refractivity contribution in [2.45, 2.75) is 13.5 Å². The summed E-state index contributed by atoms with van der Waals surface area (Å²) in [5.74, 6) is 1.69. The Bertz CT molecular complexity index is 520. The van der Waals surface area contributed by atoms with Crippen molar-refractivity contribution in [1.29, 1.82) is 0 Å². The zero-order valence-electron chi connectivity index (χ0n) is 11.3. The molecule has 1 aromatic carbocycles. The molecule has 19 heavy (non-hydrogen) atoms. The lowest BCUT2D eigenvalue weighted by Crippen LogP contribution is -2.04. The van der Waals surface area contributed by atoms with Crippen LogP contribution >= 0.6 is 0 Å². The van der Waals surface area contributed by atoms with E-state index in [-0.39, 0.29) is 0 Å². The molecule has 0 bridgehead atoms. The lowest BCUT2D eigenvalue weighted by molar-refractivity contribution is 0.146. The van der Waals surface area contributed by atoms with Crippen LogP contribution in [0.2, 0.25) is 0 Å². The summed E-state index contributed by atoms with van der Waals surface area (Å²) in [7, 11) is 1.65. The van der Waals surface area contributed by atoms with Gasteiger partial charge in [0.2, 0.25) is 0 Å². The second-order valence-corrected chi connectivity index (χ2v) is 4.22. The average molecular weight is 261 g/mol. The third-order valence-electron chi connectivity index (χ3n) is 2.79. The molecule has 0 saturated carbocycles. The molecule has 2 rings (SSSR count). The maximum Gasteiger partial charge on any atom is 0.119 e. The SMILES string of the molecule is COCCOc1ccc(-c2nc(C)[nH]c2CN)cc1. The zero-order valence-corrected chi connectivity index (χ0v) is 11.3. The van der Waals surface area contributed by atoms with Gasteiger partial charge in [-0.25, -0.2) is 4.98 Å². The molecule has 2 aromatic rings. The number of ether oxygens (including phenoxy) is 2. The number of aryl methyl sites for hydroxylation is 1. The van der Waals surface area contributed by atoms with Gasteiger partial charge in [-0.1, -0.05) is 0 Å². The van der Waals surface area contributed by atoms with Gasteiger partial charge in [0.1, 0.15) is 18.2 Å². The molecule has 0 aliphatic carbocycles. The quantitative estimate of drug-likeness (QED) is 0.779. The van der Waals surface area contributed by atoms with Crippen LogP contribution in [-0.2, 0) is 11.3 Å². The minimum Gasteiger partial charge on any atom is -0.491 e. The van der Waals surface area contributed by atoms with E-state index in [9.17, 15) is 0 Å². The number of nitrogens with two attached hydrogens (primary N) is 1. The molecular formula is C14H19N3O2. The standard InChI is InChI=1S/C14H19N3O2/c1-10-16-13(9-15)14(17-10)11-3-5-12(6-4-11)19-8-7-18-2/h3-6H,7-9,15H2,1-2H3,(H,16,17). The first-order valence-electron chi connectivity index (χ1n) is 6.22. The maximum atomic E-state index is 5.70. The number of hydrogen-bond donors (Lipinski definition) is 2. The number of nitrogens with zero attached hydrogens (tertiary/aromatic N) is 1. The molecule has 0 aliphatic rings. The predicted octanol–water partition coefficient (Wildman–Crippen LogP) is 1.87. The summed E-state index contributed by atoms with van der Waals surface area (Å²) in [6.45, 7) is 3.50. The molecule has 1 heterocycles. The first kappa shape index (κ1) is 13.6. The molecule has 0 fully saturated rings. The van der Waals surface area contributed by atoms with Crippen LogP contribution in [0.3, 0.4) is 0 Å². The number of aromatic nitrogens is 2. The fraction of sp³-hybridized carbons (Fsp3) is 0.357. The third-order valence-corrected chi connectivity index (χ3v) is 2.79. The summed E-state index contributed by atoms with van der Waals surface area (Å²) < 4.78 is 10.5. The van der Waals surface area contributed by atoms with Crippen LogP contribution in [0.15, 0.2) is 24.3 Å². The lowest BCUT2D eigenvalue weighted by Gasteiger charge is -2.06. The highest BCUT2D eigenvalue weighted by molar-refractivity contribution is 5.63. The Morgan fingerprint density at radius 2 is 1.95 bits per heavy atom. The average Bonchev–Trinajstić information content (AvgIpc) is 2.81. The van der Waals surface area contributed by atoms with Crippen molar-refractivity contribution >= 4 is 0 Å². The summed E-state index contributed by atoms with van der Waals surface area (Å²) in [6.07, 6.45) is 0. The number of methoxy groups -OCH3 is 1. The van der Waals surface area contributed by atoms with E-state index in [0.29, 0.717) is 19.8 Å². The topological polar surface area (TPSA) is 73.2 Å². The second-order valence-electron chi connectivity index (χ2n) is 4.22. The van der Waals surface area contributed by atoms with Crippen molar-refractivity contribution in [1.82, 2.24) is 9.97 Å². The summed E-state index contributed by atoms with van der Waals surface area (Å²) in [5.41, 5.74) is 8.59. The Morgan fingerprint density at radius 3 is 2.58 bits per heavy atom. The Hall–Kier alpha value is -1.85. The molecule has 3 N–H and O–H groups in total. The van der Waals surface area contributed by atoms with Crippen molar-refractivity contribution in [3.8, 4) is 17.0 Å². The van der Waals surface area contributed by atoms with Gasteiger partial charge in [-0.2, -0.15) is 0 Å². The first-order valence-corrected chi connectivity index (χ1v) is 6.22. The molecule has 102 valence electrons. The fourth-order valence-electron chi connectivity index (χ4n) is 1.88. The molecule has 0 atom stereocenters. The van der Waals surface area contributed by atoms with Crippen molar-refractivity contribution < 1.29 is 9.47 Å². The summed E-state index contributed by atoms with van der Waals surface area (Å²) >= 11 is 0. The van der Waals surface area contributed by atoms with Crippen LogP contribution in [0, 0.1) is 6.92 Å². The normalized spacial score (nSPS) is 10.7. The molecule has 1 aromatic heterocycles. The van der Waals surface area contributed by atoms with E-state index in [2.05, 4.69) is 9.97 Å². The lowest BCUT2D eigenvalue weighted by atomic mass is 10.1. The highest BCUT2D eigenvalue weighted by Gasteiger charge is 2.09. The minimum atomic E-state index is 0.447. The third kappa shape index (κ3) is 3.33. The van der Waals surface area contributed by atoms with Crippen LogP contribution in [-0.4, -0.2) is 30.3 Å². The van der Waals surface area contributed by atoms with E-state index in [1.807, 2.05) is 31.2 Å². The summed E-state index contributed by atoms with van der Waals surface area (Å²) in [5, 5.41) is 0. The minimum absolute atomic E-state index is 0.447. The Morgan fingerprint density at radius 1 is 1.21 bits per heavy atom. The highest BCUT2D eigenvalue weighted by atomic mass is 16.5. The summed E-state index contributed by atoms with van der Waals surface area (Å²) in [4.78, 5) is 7.63. The second kappa shape index (κ2) is 6.36. The number of hydrogen-bond acceptors (Lipinski definition) is 4. The van der Waals surface area contributed by atoms with Crippen molar-refractivity contribution in [2.75, 3.05) is 20.3 Å². The molecule has 0 saturated heterocycles. The molecule has 0 amide bonds. The molecule has 0 aliphatic heterocycles. The van der Waals surface area contributed by atoms with E-state index in [0.717, 1.165) is 28.5 Å². The van der Waals surface area contributed by atoms with Gasteiger partial charge in [-0.05, 0) is 31.2 Å².